The molecular weight excluding hydrogens is 170 g/mol. The lowest BCUT2D eigenvalue weighted by Gasteiger charge is -2.09. The molecule has 0 aliphatic carbocycles. The van der Waals surface area contributed by atoms with E-state index in [4.69, 9.17) is 0 Å². The molecule has 1 nitrogen and oxygen atoms in total. The van der Waals surface area contributed by atoms with Crippen molar-refractivity contribution in [2.75, 3.05) is 13.1 Å². The fourth-order valence-corrected chi connectivity index (χ4v) is 0.814. The third-order valence-corrected chi connectivity index (χ3v) is 1.93. The van der Waals surface area contributed by atoms with Crippen LogP contribution >= 0.6 is 0 Å². The van der Waals surface area contributed by atoms with Gasteiger partial charge < -0.3 is 5.32 Å². The quantitative estimate of drug-likeness (QED) is 0.666. The Hall–Kier alpha value is -0.820. The molecule has 0 aromatic heterocycles. The van der Waals surface area contributed by atoms with E-state index in [9.17, 15) is 0 Å². The Morgan fingerprint density at radius 2 is 1.07 bits per heavy atom. The molecular formula is C13H23N. The van der Waals surface area contributed by atoms with Crippen molar-refractivity contribution in [2.24, 2.45) is 0 Å². The van der Waals surface area contributed by atoms with Gasteiger partial charge in [0.2, 0.25) is 0 Å². The van der Waals surface area contributed by atoms with Crippen molar-refractivity contribution in [3.05, 3.63) is 35.4 Å². The highest BCUT2D eigenvalue weighted by molar-refractivity contribution is 5.19. The topological polar surface area (TPSA) is 12.0 Å². The lowest BCUT2D eigenvalue weighted by molar-refractivity contribution is 0.527. The second kappa shape index (κ2) is 8.76. The largest absolute Gasteiger partial charge is 0.317 e. The number of hydrogen-bond donors (Lipinski definition) is 1. The van der Waals surface area contributed by atoms with Gasteiger partial charge in [0.1, 0.15) is 0 Å². The van der Waals surface area contributed by atoms with Crippen molar-refractivity contribution in [2.45, 2.75) is 34.1 Å². The lowest BCUT2D eigenvalue weighted by Crippen LogP contribution is -2.29. The van der Waals surface area contributed by atoms with Crippen LogP contribution in [0.4, 0.5) is 0 Å². The minimum atomic E-state index is 1.25. The van der Waals surface area contributed by atoms with E-state index < -0.39 is 0 Å². The van der Waals surface area contributed by atoms with Gasteiger partial charge in [0.25, 0.3) is 0 Å². The molecule has 0 saturated carbocycles. The fraction of sp³-hybridized carbons (Fsp3) is 0.538. The number of rotatable bonds is 0. The summed E-state index contributed by atoms with van der Waals surface area (Å²) in [5.74, 6) is 0. The predicted molar refractivity (Wildman–Crippen MR) is 64.8 cm³/mol. The first-order valence-corrected chi connectivity index (χ1v) is 5.53. The summed E-state index contributed by atoms with van der Waals surface area (Å²) in [6, 6.07) is 8.48. The SMILES string of the molecule is C1CNC1.CC.Cc1ccc(C)cc1. The summed E-state index contributed by atoms with van der Waals surface area (Å²) < 4.78 is 0. The molecule has 0 spiro atoms. The molecule has 1 aliphatic rings. The first-order valence-electron chi connectivity index (χ1n) is 5.53. The molecule has 0 amide bonds. The van der Waals surface area contributed by atoms with Crippen LogP contribution in [-0.2, 0) is 0 Å². The Labute approximate surface area is 88.5 Å². The minimum absolute atomic E-state index is 1.25. The number of benzene rings is 1. The third kappa shape index (κ3) is 6.67. The molecule has 0 unspecified atom stereocenters. The molecule has 1 heterocycles. The zero-order valence-corrected chi connectivity index (χ0v) is 9.93. The van der Waals surface area contributed by atoms with E-state index in [1.165, 1.54) is 30.6 Å². The summed E-state index contributed by atoms with van der Waals surface area (Å²) in [6.07, 6.45) is 1.39. The van der Waals surface area contributed by atoms with Gasteiger partial charge in [-0.15, -0.1) is 0 Å². The summed E-state index contributed by atoms with van der Waals surface area (Å²) in [7, 11) is 0. The summed E-state index contributed by atoms with van der Waals surface area (Å²) in [5, 5.41) is 3.11. The van der Waals surface area contributed by atoms with Gasteiger partial charge in [-0.1, -0.05) is 49.2 Å². The maximum Gasteiger partial charge on any atom is -0.00368 e. The fourth-order valence-electron chi connectivity index (χ4n) is 0.814. The van der Waals surface area contributed by atoms with Gasteiger partial charge in [-0.05, 0) is 33.4 Å². The minimum Gasteiger partial charge on any atom is -0.317 e. The Kier molecular flexibility index (Phi) is 8.25. The average Bonchev–Trinajstić information content (AvgIpc) is 2.11. The maximum absolute atomic E-state index is 3.11. The highest BCUT2D eigenvalue weighted by Gasteiger charge is 1.92. The normalized spacial score (nSPS) is 12.6. The third-order valence-electron chi connectivity index (χ3n) is 1.93. The smallest absolute Gasteiger partial charge is 0.00368 e. The van der Waals surface area contributed by atoms with Crippen LogP contribution in [0.5, 0.6) is 0 Å². The first-order chi connectivity index (χ1) is 6.79. The van der Waals surface area contributed by atoms with Crippen LogP contribution in [-0.4, -0.2) is 13.1 Å². The van der Waals surface area contributed by atoms with Crippen LogP contribution in [0, 0.1) is 13.8 Å². The van der Waals surface area contributed by atoms with E-state index >= 15 is 0 Å². The predicted octanol–water partition coefficient (Wildman–Crippen LogP) is 3.31. The summed E-state index contributed by atoms with van der Waals surface area (Å²) in [4.78, 5) is 0. The van der Waals surface area contributed by atoms with Crippen molar-refractivity contribution >= 4 is 0 Å². The van der Waals surface area contributed by atoms with Crippen molar-refractivity contribution in [1.82, 2.24) is 5.32 Å². The summed E-state index contributed by atoms with van der Waals surface area (Å²) in [6.45, 7) is 10.7. The van der Waals surface area contributed by atoms with Gasteiger partial charge in [0.15, 0.2) is 0 Å². The molecule has 1 aliphatic heterocycles. The highest BCUT2D eigenvalue weighted by Crippen LogP contribution is 1.99. The average molecular weight is 193 g/mol. The Bertz CT molecular complexity index is 184. The van der Waals surface area contributed by atoms with E-state index in [0.717, 1.165) is 0 Å². The van der Waals surface area contributed by atoms with E-state index in [1.54, 1.807) is 0 Å². The number of hydrogen-bond acceptors (Lipinski definition) is 1. The maximum atomic E-state index is 3.11. The van der Waals surface area contributed by atoms with Crippen LogP contribution in [0.1, 0.15) is 31.4 Å². The van der Waals surface area contributed by atoms with Crippen molar-refractivity contribution in [3.63, 3.8) is 0 Å². The molecule has 80 valence electrons. The molecule has 1 fully saturated rings. The van der Waals surface area contributed by atoms with Gasteiger partial charge in [-0.3, -0.25) is 0 Å². The summed E-state index contributed by atoms with van der Waals surface area (Å²) >= 11 is 0. The van der Waals surface area contributed by atoms with Crippen molar-refractivity contribution in [1.29, 1.82) is 0 Å². The number of nitrogens with one attached hydrogen (secondary N) is 1. The van der Waals surface area contributed by atoms with Crippen LogP contribution in [0.25, 0.3) is 0 Å². The van der Waals surface area contributed by atoms with Crippen molar-refractivity contribution < 1.29 is 0 Å². The van der Waals surface area contributed by atoms with Crippen LogP contribution < -0.4 is 5.32 Å². The van der Waals surface area contributed by atoms with E-state index in [2.05, 4.69) is 43.4 Å². The molecule has 1 heteroatoms. The molecule has 1 saturated heterocycles. The Balaban J connectivity index is 0.000000236. The zero-order chi connectivity index (χ0) is 10.8. The van der Waals surface area contributed by atoms with E-state index in [0.29, 0.717) is 0 Å². The lowest BCUT2D eigenvalue weighted by atomic mass is 10.2. The van der Waals surface area contributed by atoms with Gasteiger partial charge in [-0.2, -0.15) is 0 Å². The van der Waals surface area contributed by atoms with Gasteiger partial charge in [0, 0.05) is 0 Å². The second-order valence-corrected chi connectivity index (χ2v) is 3.26. The second-order valence-electron chi connectivity index (χ2n) is 3.26. The molecule has 2 rings (SSSR count). The molecule has 1 aromatic rings. The van der Waals surface area contributed by atoms with Gasteiger partial charge >= 0.3 is 0 Å². The molecule has 14 heavy (non-hydrogen) atoms. The zero-order valence-electron chi connectivity index (χ0n) is 9.93. The Morgan fingerprint density at radius 3 is 1.21 bits per heavy atom. The van der Waals surface area contributed by atoms with Gasteiger partial charge in [0.05, 0.1) is 0 Å². The van der Waals surface area contributed by atoms with Crippen LogP contribution in [0.15, 0.2) is 24.3 Å². The molecule has 0 radical (unpaired) electrons. The molecule has 1 N–H and O–H groups in total. The molecule has 1 aromatic carbocycles. The van der Waals surface area contributed by atoms with Crippen LogP contribution in [0.3, 0.4) is 0 Å². The first kappa shape index (κ1) is 13.2. The Morgan fingerprint density at radius 1 is 0.857 bits per heavy atom. The van der Waals surface area contributed by atoms with E-state index in [1.807, 2.05) is 13.8 Å². The van der Waals surface area contributed by atoms with Crippen molar-refractivity contribution in [3.8, 4) is 0 Å². The van der Waals surface area contributed by atoms with Crippen LogP contribution in [0.2, 0.25) is 0 Å². The van der Waals surface area contributed by atoms with E-state index in [-0.39, 0.29) is 0 Å². The standard InChI is InChI=1S/C8H10.C3H7N.C2H6/c1-7-3-5-8(2)6-4-7;1-2-4-3-1;1-2/h3-6H,1-2H3;4H,1-3H2;1-2H3. The van der Waals surface area contributed by atoms with Gasteiger partial charge in [-0.25, -0.2) is 0 Å². The molecule has 0 bridgehead atoms. The summed E-state index contributed by atoms with van der Waals surface area (Å²) in [5.41, 5.74) is 2.66. The monoisotopic (exact) mass is 193 g/mol. The number of aryl methyl sites for hydroxylation is 2. The highest BCUT2D eigenvalue weighted by atomic mass is 14.9. The molecule has 0 atom stereocenters.